The molecule has 0 saturated carbocycles. The molecule has 4 atom stereocenters. The highest BCUT2D eigenvalue weighted by molar-refractivity contribution is 5.35. The summed E-state index contributed by atoms with van der Waals surface area (Å²) in [6, 6.07) is 0. The summed E-state index contributed by atoms with van der Waals surface area (Å²) in [7, 11) is 1.64. The predicted molar refractivity (Wildman–Crippen MR) is 71.3 cm³/mol. The van der Waals surface area contributed by atoms with Gasteiger partial charge in [-0.1, -0.05) is 6.92 Å². The highest BCUT2D eigenvalue weighted by atomic mass is 16.7. The molecule has 2 aliphatic heterocycles. The van der Waals surface area contributed by atoms with E-state index in [1.807, 2.05) is 6.92 Å². The molecule has 7 heteroatoms. The molecule has 1 aromatic rings. The Morgan fingerprint density at radius 2 is 2.40 bits per heavy atom. The Morgan fingerprint density at radius 1 is 1.65 bits per heavy atom. The van der Waals surface area contributed by atoms with E-state index in [1.165, 1.54) is 4.57 Å². The van der Waals surface area contributed by atoms with Gasteiger partial charge in [-0.3, -0.25) is 4.57 Å². The summed E-state index contributed by atoms with van der Waals surface area (Å²) in [4.78, 5) is 15.8. The number of nitrogen functional groups attached to an aromatic ring is 1. The van der Waals surface area contributed by atoms with Crippen LogP contribution in [0.25, 0.3) is 0 Å². The molecule has 0 unspecified atom stereocenters. The minimum Gasteiger partial charge on any atom is -0.383 e. The third-order valence-electron chi connectivity index (χ3n) is 4.27. The van der Waals surface area contributed by atoms with E-state index < -0.39 is 17.5 Å². The van der Waals surface area contributed by atoms with Gasteiger partial charge in [-0.15, -0.1) is 0 Å². The van der Waals surface area contributed by atoms with Crippen molar-refractivity contribution in [2.24, 2.45) is 0 Å². The summed E-state index contributed by atoms with van der Waals surface area (Å²) in [5.41, 5.74) is 5.46. The maximum absolute atomic E-state index is 12.0. The van der Waals surface area contributed by atoms with Gasteiger partial charge >= 0.3 is 5.69 Å². The fraction of sp³-hybridized carbons (Fsp3) is 0.692. The quantitative estimate of drug-likeness (QED) is 0.853. The average molecular weight is 281 g/mol. The molecule has 2 aliphatic rings. The van der Waals surface area contributed by atoms with E-state index in [4.69, 9.17) is 19.9 Å². The zero-order chi connectivity index (χ0) is 14.5. The Kier molecular flexibility index (Phi) is 3.07. The van der Waals surface area contributed by atoms with Crippen LogP contribution >= 0.6 is 0 Å². The molecule has 3 heterocycles. The molecule has 0 aliphatic carbocycles. The molecule has 2 fully saturated rings. The van der Waals surface area contributed by atoms with Crippen LogP contribution in [0, 0.1) is 6.92 Å². The molecule has 110 valence electrons. The van der Waals surface area contributed by atoms with E-state index in [9.17, 15) is 4.79 Å². The molecular formula is C13H19N3O4. The van der Waals surface area contributed by atoms with Crippen LogP contribution in [-0.4, -0.2) is 41.1 Å². The van der Waals surface area contributed by atoms with Gasteiger partial charge in [0.2, 0.25) is 0 Å². The van der Waals surface area contributed by atoms with E-state index in [-0.39, 0.29) is 18.0 Å². The van der Waals surface area contributed by atoms with E-state index >= 15 is 0 Å². The number of methoxy groups -OCH3 is 1. The summed E-state index contributed by atoms with van der Waals surface area (Å²) in [6.07, 6.45) is 1.42. The number of rotatable bonds is 3. The number of nitrogens with two attached hydrogens (primary N) is 1. The Morgan fingerprint density at radius 3 is 3.00 bits per heavy atom. The third-order valence-corrected chi connectivity index (χ3v) is 4.27. The van der Waals surface area contributed by atoms with Crippen LogP contribution in [0.2, 0.25) is 0 Å². The first-order valence-corrected chi connectivity index (χ1v) is 6.70. The molecule has 3 rings (SSSR count). The monoisotopic (exact) mass is 281 g/mol. The molecule has 7 nitrogen and oxygen atoms in total. The molecule has 0 amide bonds. The lowest BCUT2D eigenvalue weighted by atomic mass is 9.96. The second-order valence-corrected chi connectivity index (χ2v) is 5.36. The van der Waals surface area contributed by atoms with Crippen LogP contribution in [-0.2, 0) is 14.2 Å². The number of hydrogen-bond donors (Lipinski definition) is 1. The molecule has 2 N–H and O–H groups in total. The van der Waals surface area contributed by atoms with Crippen molar-refractivity contribution in [1.29, 1.82) is 0 Å². The normalized spacial score (nSPS) is 35.6. The first kappa shape index (κ1) is 13.5. The largest absolute Gasteiger partial charge is 0.383 e. The van der Waals surface area contributed by atoms with Gasteiger partial charge < -0.3 is 19.9 Å². The highest BCUT2D eigenvalue weighted by Crippen LogP contribution is 2.47. The lowest BCUT2D eigenvalue weighted by Crippen LogP contribution is -2.41. The number of fused-ring (bicyclic) bond motifs is 2. The summed E-state index contributed by atoms with van der Waals surface area (Å²) in [5, 5.41) is 0. The third kappa shape index (κ3) is 1.70. The maximum atomic E-state index is 12.0. The summed E-state index contributed by atoms with van der Waals surface area (Å²) >= 11 is 0. The fourth-order valence-electron chi connectivity index (χ4n) is 3.06. The van der Waals surface area contributed by atoms with E-state index in [0.29, 0.717) is 6.61 Å². The van der Waals surface area contributed by atoms with Crippen LogP contribution in [0.3, 0.4) is 0 Å². The molecular weight excluding hydrogens is 262 g/mol. The number of anilines is 1. The molecule has 0 spiro atoms. The van der Waals surface area contributed by atoms with Crippen LogP contribution in [0.1, 0.15) is 25.1 Å². The highest BCUT2D eigenvalue weighted by Gasteiger charge is 2.61. The van der Waals surface area contributed by atoms with Crippen molar-refractivity contribution >= 4 is 5.82 Å². The number of hydrogen-bond acceptors (Lipinski definition) is 6. The second-order valence-electron chi connectivity index (χ2n) is 5.36. The van der Waals surface area contributed by atoms with Gasteiger partial charge in [0.05, 0.1) is 6.61 Å². The Hall–Kier alpha value is -1.44. The van der Waals surface area contributed by atoms with Crippen LogP contribution in [0.4, 0.5) is 5.82 Å². The Balaban J connectivity index is 2.02. The first-order valence-electron chi connectivity index (χ1n) is 6.70. The summed E-state index contributed by atoms with van der Waals surface area (Å²) < 4.78 is 18.8. The van der Waals surface area contributed by atoms with Crippen molar-refractivity contribution in [2.75, 3.05) is 19.5 Å². The van der Waals surface area contributed by atoms with E-state index in [1.54, 1.807) is 20.2 Å². The van der Waals surface area contributed by atoms with Crippen molar-refractivity contribution in [3.63, 3.8) is 0 Å². The van der Waals surface area contributed by atoms with Crippen molar-refractivity contribution in [2.45, 2.75) is 44.3 Å². The standard InChI is InChI=1S/C13H19N3O4/c1-4-13-6-19-8(9(13)18-3)11(20-13)16-5-7(2)10(14)15-12(16)17/h5,8-9,11H,4,6H2,1-3H3,(H2,14,15,17)/t8-,9+,11+,13-/m0/s1. The molecule has 0 aromatic carbocycles. The van der Waals surface area contributed by atoms with Gasteiger partial charge in [-0.25, -0.2) is 4.79 Å². The SMILES string of the molecule is CC[C@@]12CO[C@H]([C@H](n3cc(C)c(N)nc3=O)O1)[C@H]2OC. The number of aryl methyl sites for hydroxylation is 1. The molecule has 20 heavy (non-hydrogen) atoms. The topological polar surface area (TPSA) is 88.6 Å². The van der Waals surface area contributed by atoms with Gasteiger partial charge in [0.25, 0.3) is 0 Å². The van der Waals surface area contributed by atoms with E-state index in [2.05, 4.69) is 4.98 Å². The van der Waals surface area contributed by atoms with Crippen LogP contribution < -0.4 is 11.4 Å². The molecule has 1 aromatic heterocycles. The van der Waals surface area contributed by atoms with Gasteiger partial charge in [0, 0.05) is 18.9 Å². The Labute approximate surface area is 116 Å². The van der Waals surface area contributed by atoms with E-state index in [0.717, 1.165) is 12.0 Å². The molecule has 0 radical (unpaired) electrons. The zero-order valence-corrected chi connectivity index (χ0v) is 11.8. The molecule has 2 bridgehead atoms. The Bertz CT molecular complexity index is 587. The number of aromatic nitrogens is 2. The first-order chi connectivity index (χ1) is 9.52. The van der Waals surface area contributed by atoms with Gasteiger partial charge in [0.15, 0.2) is 6.23 Å². The van der Waals surface area contributed by atoms with Crippen molar-refractivity contribution in [3.05, 3.63) is 22.2 Å². The number of ether oxygens (including phenoxy) is 3. The van der Waals surface area contributed by atoms with Crippen molar-refractivity contribution in [1.82, 2.24) is 9.55 Å². The second kappa shape index (κ2) is 4.54. The predicted octanol–water partition coefficient (Wildman–Crippen LogP) is 0.225. The van der Waals surface area contributed by atoms with Crippen LogP contribution in [0.15, 0.2) is 11.0 Å². The maximum Gasteiger partial charge on any atom is 0.351 e. The van der Waals surface area contributed by atoms with Gasteiger partial charge in [-0.05, 0) is 13.3 Å². The lowest BCUT2D eigenvalue weighted by Gasteiger charge is -2.30. The molecule has 2 saturated heterocycles. The average Bonchev–Trinajstić information content (AvgIpc) is 2.95. The van der Waals surface area contributed by atoms with Crippen molar-refractivity contribution < 1.29 is 14.2 Å². The lowest BCUT2D eigenvalue weighted by molar-refractivity contribution is -0.176. The zero-order valence-electron chi connectivity index (χ0n) is 11.8. The number of nitrogens with zero attached hydrogens (tertiary/aromatic N) is 2. The smallest absolute Gasteiger partial charge is 0.351 e. The van der Waals surface area contributed by atoms with Gasteiger partial charge in [0.1, 0.15) is 23.6 Å². The summed E-state index contributed by atoms with van der Waals surface area (Å²) in [6.45, 7) is 4.31. The minimum absolute atomic E-state index is 0.178. The van der Waals surface area contributed by atoms with Gasteiger partial charge in [-0.2, -0.15) is 4.98 Å². The van der Waals surface area contributed by atoms with Crippen molar-refractivity contribution in [3.8, 4) is 0 Å². The fourth-order valence-corrected chi connectivity index (χ4v) is 3.06. The summed E-state index contributed by atoms with van der Waals surface area (Å²) in [5.74, 6) is 0.240. The van der Waals surface area contributed by atoms with Crippen LogP contribution in [0.5, 0.6) is 0 Å². The minimum atomic E-state index is -0.520.